The van der Waals surface area contributed by atoms with Crippen molar-refractivity contribution < 1.29 is 9.84 Å². The number of rotatable bonds is 4. The topological polar surface area (TPSA) is 32.7 Å². The van der Waals surface area contributed by atoms with Crippen molar-refractivity contribution in [2.24, 2.45) is 5.92 Å². The van der Waals surface area contributed by atoms with E-state index in [0.717, 1.165) is 30.9 Å². The van der Waals surface area contributed by atoms with E-state index in [1.807, 2.05) is 13.0 Å². The van der Waals surface area contributed by atoms with E-state index in [0.29, 0.717) is 5.92 Å². The molecule has 0 aliphatic carbocycles. The Labute approximate surface area is 109 Å². The number of hydrogen-bond acceptors (Lipinski definition) is 3. The lowest BCUT2D eigenvalue weighted by atomic mass is 10.0. The molecule has 3 nitrogen and oxygen atoms in total. The third-order valence-electron chi connectivity index (χ3n) is 3.72. The summed E-state index contributed by atoms with van der Waals surface area (Å²) < 4.78 is 5.52. The van der Waals surface area contributed by atoms with Crippen molar-refractivity contribution in [3.63, 3.8) is 0 Å². The Morgan fingerprint density at radius 3 is 2.89 bits per heavy atom. The molecule has 1 N–H and O–H groups in total. The summed E-state index contributed by atoms with van der Waals surface area (Å²) in [6, 6.07) is 6.25. The molecule has 1 aromatic rings. The van der Waals surface area contributed by atoms with Crippen LogP contribution in [-0.2, 0) is 11.3 Å². The Hall–Kier alpha value is -1.06. The van der Waals surface area contributed by atoms with Crippen LogP contribution in [0.5, 0.6) is 0 Å². The zero-order valence-corrected chi connectivity index (χ0v) is 11.4. The average molecular weight is 249 g/mol. The van der Waals surface area contributed by atoms with Gasteiger partial charge in [-0.15, -0.1) is 0 Å². The van der Waals surface area contributed by atoms with E-state index in [1.54, 1.807) is 0 Å². The zero-order valence-electron chi connectivity index (χ0n) is 11.4. The standard InChI is InChI=1S/C15H23NO2/c1-12-8-15(6-5-14(12)10-17)16(2)9-13-4-3-7-18-11-13/h5-6,8,13,17H,3-4,7,9-11H2,1-2H3. The van der Waals surface area contributed by atoms with Crippen LogP contribution in [0.4, 0.5) is 5.69 Å². The van der Waals surface area contributed by atoms with Gasteiger partial charge in [0.1, 0.15) is 0 Å². The van der Waals surface area contributed by atoms with Crippen molar-refractivity contribution in [2.45, 2.75) is 26.4 Å². The van der Waals surface area contributed by atoms with Gasteiger partial charge in [0.2, 0.25) is 0 Å². The predicted octanol–water partition coefficient (Wildman–Crippen LogP) is 2.35. The fourth-order valence-corrected chi connectivity index (χ4v) is 2.54. The maximum Gasteiger partial charge on any atom is 0.0684 e. The lowest BCUT2D eigenvalue weighted by molar-refractivity contribution is 0.0576. The summed E-state index contributed by atoms with van der Waals surface area (Å²) >= 11 is 0. The second kappa shape index (κ2) is 6.21. The molecule has 0 amide bonds. The lowest BCUT2D eigenvalue weighted by Crippen LogP contribution is -2.30. The predicted molar refractivity (Wildman–Crippen MR) is 73.9 cm³/mol. The first-order chi connectivity index (χ1) is 8.70. The van der Waals surface area contributed by atoms with Crippen molar-refractivity contribution in [3.05, 3.63) is 29.3 Å². The molecule has 1 heterocycles. The highest BCUT2D eigenvalue weighted by Crippen LogP contribution is 2.21. The molecule has 1 aliphatic rings. The molecule has 0 bridgehead atoms. The first-order valence-corrected chi connectivity index (χ1v) is 6.70. The molecule has 0 spiro atoms. The molecule has 1 aliphatic heterocycles. The van der Waals surface area contributed by atoms with Gasteiger partial charge in [-0.05, 0) is 48.9 Å². The van der Waals surface area contributed by atoms with Gasteiger partial charge in [0.05, 0.1) is 13.2 Å². The van der Waals surface area contributed by atoms with E-state index in [1.165, 1.54) is 18.5 Å². The minimum Gasteiger partial charge on any atom is -0.392 e. The molecular formula is C15H23NO2. The van der Waals surface area contributed by atoms with Gasteiger partial charge in [-0.1, -0.05) is 6.07 Å². The molecule has 1 unspecified atom stereocenters. The fraction of sp³-hybridized carbons (Fsp3) is 0.600. The quantitative estimate of drug-likeness (QED) is 0.889. The third-order valence-corrected chi connectivity index (χ3v) is 3.72. The van der Waals surface area contributed by atoms with Crippen LogP contribution in [-0.4, -0.2) is 31.9 Å². The Kier molecular flexibility index (Phi) is 4.61. The highest BCUT2D eigenvalue weighted by atomic mass is 16.5. The molecule has 100 valence electrons. The van der Waals surface area contributed by atoms with Crippen LogP contribution in [0.3, 0.4) is 0 Å². The highest BCUT2D eigenvalue weighted by molar-refractivity contribution is 5.50. The largest absolute Gasteiger partial charge is 0.392 e. The number of ether oxygens (including phenoxy) is 1. The average Bonchev–Trinajstić information content (AvgIpc) is 2.39. The van der Waals surface area contributed by atoms with E-state index in [-0.39, 0.29) is 6.61 Å². The molecule has 0 aromatic heterocycles. The Morgan fingerprint density at radius 2 is 2.28 bits per heavy atom. The SMILES string of the molecule is Cc1cc(N(C)CC2CCCOC2)ccc1CO. The van der Waals surface area contributed by atoms with Gasteiger partial charge >= 0.3 is 0 Å². The summed E-state index contributed by atoms with van der Waals surface area (Å²) in [5.41, 5.74) is 3.38. The van der Waals surface area contributed by atoms with Crippen LogP contribution in [0.15, 0.2) is 18.2 Å². The van der Waals surface area contributed by atoms with Crippen molar-refractivity contribution in [1.29, 1.82) is 0 Å². The molecule has 2 rings (SSSR count). The Bertz CT molecular complexity index is 386. The monoisotopic (exact) mass is 249 g/mol. The molecule has 1 atom stereocenters. The van der Waals surface area contributed by atoms with Crippen LogP contribution in [0.25, 0.3) is 0 Å². The summed E-state index contributed by atoms with van der Waals surface area (Å²) in [5.74, 6) is 0.640. The van der Waals surface area contributed by atoms with Gasteiger partial charge in [-0.25, -0.2) is 0 Å². The van der Waals surface area contributed by atoms with Gasteiger partial charge in [-0.2, -0.15) is 0 Å². The number of anilines is 1. The van der Waals surface area contributed by atoms with Crippen LogP contribution in [0.2, 0.25) is 0 Å². The second-order valence-corrected chi connectivity index (χ2v) is 5.23. The molecule has 1 aromatic carbocycles. The summed E-state index contributed by atoms with van der Waals surface area (Å²) in [6.07, 6.45) is 2.44. The number of hydrogen-bond donors (Lipinski definition) is 1. The maximum atomic E-state index is 9.18. The van der Waals surface area contributed by atoms with E-state index < -0.39 is 0 Å². The number of aliphatic hydroxyl groups excluding tert-OH is 1. The van der Waals surface area contributed by atoms with Gasteiger partial charge < -0.3 is 14.7 Å². The summed E-state index contributed by atoms with van der Waals surface area (Å²) in [4.78, 5) is 2.29. The van der Waals surface area contributed by atoms with Gasteiger partial charge in [-0.3, -0.25) is 0 Å². The van der Waals surface area contributed by atoms with Crippen LogP contribution >= 0.6 is 0 Å². The third kappa shape index (κ3) is 3.24. The molecule has 1 saturated heterocycles. The van der Waals surface area contributed by atoms with Crippen LogP contribution in [0.1, 0.15) is 24.0 Å². The van der Waals surface area contributed by atoms with E-state index in [4.69, 9.17) is 4.74 Å². The van der Waals surface area contributed by atoms with Crippen molar-refractivity contribution in [3.8, 4) is 0 Å². The van der Waals surface area contributed by atoms with Crippen LogP contribution in [0, 0.1) is 12.8 Å². The smallest absolute Gasteiger partial charge is 0.0684 e. The summed E-state index contributed by atoms with van der Waals surface area (Å²) in [5, 5.41) is 9.18. The van der Waals surface area contributed by atoms with Crippen molar-refractivity contribution in [2.75, 3.05) is 31.7 Å². The van der Waals surface area contributed by atoms with E-state index in [2.05, 4.69) is 24.1 Å². The van der Waals surface area contributed by atoms with Crippen LogP contribution < -0.4 is 4.90 Å². The lowest BCUT2D eigenvalue weighted by Gasteiger charge is -2.28. The Morgan fingerprint density at radius 1 is 1.44 bits per heavy atom. The van der Waals surface area contributed by atoms with Gasteiger partial charge in [0, 0.05) is 25.9 Å². The van der Waals surface area contributed by atoms with E-state index >= 15 is 0 Å². The molecule has 0 radical (unpaired) electrons. The minimum absolute atomic E-state index is 0.117. The number of benzene rings is 1. The van der Waals surface area contributed by atoms with Crippen molar-refractivity contribution in [1.82, 2.24) is 0 Å². The minimum atomic E-state index is 0.117. The number of aryl methyl sites for hydroxylation is 1. The first kappa shape index (κ1) is 13.4. The molecule has 1 fully saturated rings. The normalized spacial score (nSPS) is 19.8. The molecule has 18 heavy (non-hydrogen) atoms. The fourth-order valence-electron chi connectivity index (χ4n) is 2.54. The zero-order chi connectivity index (χ0) is 13.0. The molecule has 3 heteroatoms. The first-order valence-electron chi connectivity index (χ1n) is 6.70. The summed E-state index contributed by atoms with van der Waals surface area (Å²) in [7, 11) is 2.13. The van der Waals surface area contributed by atoms with Crippen molar-refractivity contribution >= 4 is 5.69 Å². The summed E-state index contributed by atoms with van der Waals surface area (Å²) in [6.45, 7) is 5.01. The Balaban J connectivity index is 1.99. The highest BCUT2D eigenvalue weighted by Gasteiger charge is 2.16. The van der Waals surface area contributed by atoms with Gasteiger partial charge in [0.25, 0.3) is 0 Å². The van der Waals surface area contributed by atoms with Gasteiger partial charge in [0.15, 0.2) is 0 Å². The second-order valence-electron chi connectivity index (χ2n) is 5.23. The maximum absolute atomic E-state index is 9.18. The molecular weight excluding hydrogens is 226 g/mol. The number of aliphatic hydroxyl groups is 1. The van der Waals surface area contributed by atoms with E-state index in [9.17, 15) is 5.11 Å². The number of nitrogens with zero attached hydrogens (tertiary/aromatic N) is 1. The molecule has 0 saturated carbocycles.